The second kappa shape index (κ2) is 5.74. The number of methoxy groups -OCH3 is 1. The Kier molecular flexibility index (Phi) is 4.40. The Morgan fingerprint density at radius 2 is 2.05 bits per heavy atom. The van der Waals surface area contributed by atoms with Crippen molar-refractivity contribution in [3.63, 3.8) is 0 Å². The highest BCUT2D eigenvalue weighted by Gasteiger charge is 2.41. The molecule has 3 heteroatoms. The molecule has 1 saturated carbocycles. The predicted molar refractivity (Wildman–Crippen MR) is 83.7 cm³/mol. The molecule has 112 valence electrons. The fraction of sp³-hybridized carbons (Fsp3) is 0.647. The van der Waals surface area contributed by atoms with Gasteiger partial charge in [0.2, 0.25) is 0 Å². The Balaban J connectivity index is 2.47. The Labute approximate surface area is 122 Å². The van der Waals surface area contributed by atoms with Gasteiger partial charge in [0, 0.05) is 5.56 Å². The molecule has 1 aromatic rings. The van der Waals surface area contributed by atoms with Crippen LogP contribution >= 0.6 is 0 Å². The van der Waals surface area contributed by atoms with Crippen LogP contribution in [0.25, 0.3) is 0 Å². The normalized spacial score (nSPS) is 22.8. The maximum atomic E-state index is 5.93. The second-order valence-electron chi connectivity index (χ2n) is 6.83. The van der Waals surface area contributed by atoms with Gasteiger partial charge in [-0.15, -0.1) is 0 Å². The summed E-state index contributed by atoms with van der Waals surface area (Å²) in [5.74, 6) is 7.43. The molecule has 0 spiro atoms. The number of rotatable bonds is 4. The van der Waals surface area contributed by atoms with Crippen LogP contribution in [0.15, 0.2) is 12.1 Å². The van der Waals surface area contributed by atoms with Crippen LogP contribution in [0.2, 0.25) is 0 Å². The zero-order valence-corrected chi connectivity index (χ0v) is 13.4. The maximum Gasteiger partial charge on any atom is 0.124 e. The minimum absolute atomic E-state index is 0.156. The predicted octanol–water partition coefficient (Wildman–Crippen LogP) is 3.64. The van der Waals surface area contributed by atoms with Crippen LogP contribution in [-0.2, 0) is 0 Å². The lowest BCUT2D eigenvalue weighted by Gasteiger charge is -2.35. The lowest BCUT2D eigenvalue weighted by molar-refractivity contribution is 0.195. The second-order valence-corrected chi connectivity index (χ2v) is 6.83. The molecule has 0 radical (unpaired) electrons. The van der Waals surface area contributed by atoms with Gasteiger partial charge in [-0.3, -0.25) is 11.3 Å². The fourth-order valence-electron chi connectivity index (χ4n) is 3.88. The molecule has 2 rings (SSSR count). The first-order valence-corrected chi connectivity index (χ1v) is 7.52. The van der Waals surface area contributed by atoms with Crippen molar-refractivity contribution in [1.82, 2.24) is 5.43 Å². The number of benzene rings is 1. The molecule has 0 amide bonds. The van der Waals surface area contributed by atoms with Gasteiger partial charge in [-0.2, -0.15) is 0 Å². The first kappa shape index (κ1) is 15.3. The van der Waals surface area contributed by atoms with Gasteiger partial charge in [-0.1, -0.05) is 26.3 Å². The van der Waals surface area contributed by atoms with Crippen molar-refractivity contribution >= 4 is 0 Å². The third kappa shape index (κ3) is 2.70. The topological polar surface area (TPSA) is 47.3 Å². The maximum absolute atomic E-state index is 5.93. The molecule has 0 aliphatic heterocycles. The van der Waals surface area contributed by atoms with Gasteiger partial charge in [0.05, 0.1) is 13.2 Å². The Morgan fingerprint density at radius 1 is 1.35 bits per heavy atom. The van der Waals surface area contributed by atoms with Crippen LogP contribution in [0.5, 0.6) is 5.75 Å². The van der Waals surface area contributed by atoms with Crippen molar-refractivity contribution in [1.29, 1.82) is 0 Å². The van der Waals surface area contributed by atoms with E-state index in [0.717, 1.165) is 5.75 Å². The van der Waals surface area contributed by atoms with E-state index in [0.29, 0.717) is 11.3 Å². The summed E-state index contributed by atoms with van der Waals surface area (Å²) in [7, 11) is 1.74. The first-order valence-electron chi connectivity index (χ1n) is 7.52. The van der Waals surface area contributed by atoms with E-state index in [-0.39, 0.29) is 6.04 Å². The van der Waals surface area contributed by atoms with E-state index in [1.165, 1.54) is 36.0 Å². The highest BCUT2D eigenvalue weighted by molar-refractivity contribution is 5.45. The molecule has 1 fully saturated rings. The van der Waals surface area contributed by atoms with Crippen molar-refractivity contribution in [2.45, 2.75) is 53.0 Å². The summed E-state index contributed by atoms with van der Waals surface area (Å²) < 4.78 is 5.62. The molecular weight excluding hydrogens is 248 g/mol. The largest absolute Gasteiger partial charge is 0.496 e. The number of hydrazine groups is 1. The number of aryl methyl sites for hydroxylation is 2. The van der Waals surface area contributed by atoms with Crippen LogP contribution in [0.3, 0.4) is 0 Å². The summed E-state index contributed by atoms with van der Waals surface area (Å²) in [5, 5.41) is 0. The molecule has 0 heterocycles. The molecule has 3 N–H and O–H groups in total. The van der Waals surface area contributed by atoms with E-state index in [4.69, 9.17) is 10.6 Å². The first-order chi connectivity index (χ1) is 9.40. The molecule has 20 heavy (non-hydrogen) atoms. The smallest absolute Gasteiger partial charge is 0.124 e. The summed E-state index contributed by atoms with van der Waals surface area (Å²) in [6.45, 7) is 8.96. The van der Waals surface area contributed by atoms with Gasteiger partial charge in [0.15, 0.2) is 0 Å². The monoisotopic (exact) mass is 276 g/mol. The lowest BCUT2D eigenvalue weighted by atomic mass is 9.74. The van der Waals surface area contributed by atoms with Gasteiger partial charge in [0.25, 0.3) is 0 Å². The molecule has 2 unspecified atom stereocenters. The van der Waals surface area contributed by atoms with Crippen LogP contribution in [0.1, 0.15) is 55.8 Å². The number of ether oxygens (including phenoxy) is 1. The molecule has 2 atom stereocenters. The molecule has 0 saturated heterocycles. The standard InChI is InChI=1S/C17H28N2O/c1-11-9-12(2)15(14(10-11)20-5)16(19-18)13-7-6-8-17(13,3)4/h9-10,13,16,19H,6-8,18H2,1-5H3. The van der Waals surface area contributed by atoms with Crippen LogP contribution in [0.4, 0.5) is 0 Å². The summed E-state index contributed by atoms with van der Waals surface area (Å²) in [6.07, 6.45) is 3.77. The zero-order chi connectivity index (χ0) is 14.9. The van der Waals surface area contributed by atoms with E-state index in [2.05, 4.69) is 45.3 Å². The minimum atomic E-state index is 0.156. The van der Waals surface area contributed by atoms with Crippen molar-refractivity contribution in [3.8, 4) is 5.75 Å². The van der Waals surface area contributed by atoms with Crippen molar-refractivity contribution < 1.29 is 4.74 Å². The molecule has 1 aromatic carbocycles. The summed E-state index contributed by atoms with van der Waals surface area (Å²) in [4.78, 5) is 0. The Morgan fingerprint density at radius 3 is 2.55 bits per heavy atom. The fourth-order valence-corrected chi connectivity index (χ4v) is 3.88. The number of hydrogen-bond acceptors (Lipinski definition) is 3. The van der Waals surface area contributed by atoms with Crippen LogP contribution in [-0.4, -0.2) is 7.11 Å². The van der Waals surface area contributed by atoms with Crippen molar-refractivity contribution in [3.05, 3.63) is 28.8 Å². The van der Waals surface area contributed by atoms with Crippen molar-refractivity contribution in [2.24, 2.45) is 17.2 Å². The van der Waals surface area contributed by atoms with Crippen molar-refractivity contribution in [2.75, 3.05) is 7.11 Å². The van der Waals surface area contributed by atoms with Gasteiger partial charge >= 0.3 is 0 Å². The molecule has 3 nitrogen and oxygen atoms in total. The summed E-state index contributed by atoms with van der Waals surface area (Å²) >= 11 is 0. The highest BCUT2D eigenvalue weighted by Crippen LogP contribution is 2.50. The zero-order valence-electron chi connectivity index (χ0n) is 13.4. The minimum Gasteiger partial charge on any atom is -0.496 e. The van der Waals surface area contributed by atoms with Gasteiger partial charge in [-0.25, -0.2) is 0 Å². The molecule has 1 aliphatic rings. The van der Waals surface area contributed by atoms with E-state index >= 15 is 0 Å². The Bertz CT molecular complexity index is 482. The molecule has 0 aromatic heterocycles. The Hall–Kier alpha value is -1.06. The number of nitrogens with one attached hydrogen (secondary N) is 1. The molecule has 0 bridgehead atoms. The van der Waals surface area contributed by atoms with Crippen LogP contribution in [0, 0.1) is 25.2 Å². The summed E-state index contributed by atoms with van der Waals surface area (Å²) in [6, 6.07) is 4.47. The van der Waals surface area contributed by atoms with Gasteiger partial charge < -0.3 is 4.74 Å². The average molecular weight is 276 g/mol. The van der Waals surface area contributed by atoms with E-state index in [9.17, 15) is 0 Å². The molecular formula is C17H28N2O. The number of hydrogen-bond donors (Lipinski definition) is 2. The van der Waals surface area contributed by atoms with Gasteiger partial charge in [0.1, 0.15) is 5.75 Å². The number of nitrogens with two attached hydrogens (primary N) is 1. The van der Waals surface area contributed by atoms with Gasteiger partial charge in [-0.05, 0) is 55.2 Å². The van der Waals surface area contributed by atoms with Crippen LogP contribution < -0.4 is 16.0 Å². The quantitative estimate of drug-likeness (QED) is 0.652. The highest BCUT2D eigenvalue weighted by atomic mass is 16.5. The SMILES string of the molecule is COc1cc(C)cc(C)c1C(NN)C1CCCC1(C)C. The third-order valence-electron chi connectivity index (χ3n) is 4.95. The van der Waals surface area contributed by atoms with E-state index in [1.54, 1.807) is 7.11 Å². The summed E-state index contributed by atoms with van der Waals surface area (Å²) in [5.41, 5.74) is 7.10. The van der Waals surface area contributed by atoms with E-state index in [1.807, 2.05) is 0 Å². The third-order valence-corrected chi connectivity index (χ3v) is 4.95. The average Bonchev–Trinajstić information content (AvgIpc) is 2.72. The molecule has 1 aliphatic carbocycles. The van der Waals surface area contributed by atoms with E-state index < -0.39 is 0 Å². The lowest BCUT2D eigenvalue weighted by Crippen LogP contribution is -2.38.